The Hall–Kier alpha value is -1.56. The van der Waals surface area contributed by atoms with Crippen LogP contribution in [-0.4, -0.2) is 6.04 Å². The van der Waals surface area contributed by atoms with E-state index >= 15 is 0 Å². The van der Waals surface area contributed by atoms with Crippen molar-refractivity contribution >= 4 is 5.69 Å². The highest BCUT2D eigenvalue weighted by atomic mass is 19.1. The normalized spacial score (nSPS) is 27.6. The van der Waals surface area contributed by atoms with Crippen LogP contribution in [-0.2, 0) is 0 Å². The van der Waals surface area contributed by atoms with Gasteiger partial charge < -0.3 is 5.32 Å². The minimum Gasteiger partial charge on any atom is -0.382 e. The molecule has 0 spiro atoms. The lowest BCUT2D eigenvalue weighted by molar-refractivity contribution is 0.276. The van der Waals surface area contributed by atoms with Crippen molar-refractivity contribution in [3.8, 4) is 6.07 Å². The lowest BCUT2D eigenvalue weighted by Crippen LogP contribution is -2.33. The number of rotatable bonds is 2. The van der Waals surface area contributed by atoms with E-state index in [1.165, 1.54) is 25.0 Å². The monoisotopic (exact) mass is 246 g/mol. The first-order valence-corrected chi connectivity index (χ1v) is 6.56. The quantitative estimate of drug-likeness (QED) is 0.858. The minimum atomic E-state index is -0.445. The van der Waals surface area contributed by atoms with Gasteiger partial charge in [-0.3, -0.25) is 0 Å². The lowest BCUT2D eigenvalue weighted by Gasteiger charge is -2.33. The Labute approximate surface area is 108 Å². The highest BCUT2D eigenvalue weighted by molar-refractivity contribution is 5.48. The van der Waals surface area contributed by atoms with Crippen LogP contribution in [0, 0.1) is 29.0 Å². The maximum absolute atomic E-state index is 13.5. The van der Waals surface area contributed by atoms with Crippen LogP contribution < -0.4 is 5.32 Å². The molecule has 18 heavy (non-hydrogen) atoms. The Morgan fingerprint density at radius 3 is 2.72 bits per heavy atom. The second-order valence-electron chi connectivity index (χ2n) is 5.45. The average molecular weight is 246 g/mol. The van der Waals surface area contributed by atoms with Crippen molar-refractivity contribution in [1.82, 2.24) is 0 Å². The lowest BCUT2D eigenvalue weighted by atomic mass is 9.80. The number of hydrogen-bond donors (Lipinski definition) is 1. The fraction of sp³-hybridized carbons (Fsp3) is 0.533. The summed E-state index contributed by atoms with van der Waals surface area (Å²) in [7, 11) is 0. The molecule has 3 heteroatoms. The summed E-state index contributed by atoms with van der Waals surface area (Å²) in [5.41, 5.74) is 0.878. The summed E-state index contributed by atoms with van der Waals surface area (Å²) in [5.74, 6) is 0.947. The van der Waals surface area contributed by atoms with Crippen molar-refractivity contribution in [3.63, 3.8) is 0 Å². The van der Waals surface area contributed by atoms with E-state index in [1.807, 2.05) is 6.07 Å². The van der Waals surface area contributed by atoms with Gasteiger partial charge in [0.2, 0.25) is 0 Å². The molecule has 0 amide bonds. The van der Waals surface area contributed by atoms with Crippen LogP contribution in [0.4, 0.5) is 10.1 Å². The first kappa shape index (κ1) is 12.9. The Kier molecular flexibility index (Phi) is 3.86. The maximum Gasteiger partial charge on any atom is 0.143 e. The van der Waals surface area contributed by atoms with E-state index in [2.05, 4.69) is 19.2 Å². The van der Waals surface area contributed by atoms with Gasteiger partial charge in [0, 0.05) is 11.7 Å². The SMILES string of the molecule is CC1CCC(Nc2ccc(C#N)c(F)c2)C(C)C1. The topological polar surface area (TPSA) is 35.8 Å². The minimum absolute atomic E-state index is 0.103. The number of nitriles is 1. The van der Waals surface area contributed by atoms with Crippen molar-refractivity contribution in [1.29, 1.82) is 5.26 Å². The van der Waals surface area contributed by atoms with E-state index in [9.17, 15) is 4.39 Å². The molecule has 0 saturated heterocycles. The molecule has 0 radical (unpaired) electrons. The van der Waals surface area contributed by atoms with E-state index < -0.39 is 5.82 Å². The molecule has 1 N–H and O–H groups in total. The molecule has 96 valence electrons. The predicted octanol–water partition coefficient (Wildman–Crippen LogP) is 3.93. The van der Waals surface area contributed by atoms with Gasteiger partial charge in [-0.2, -0.15) is 5.26 Å². The van der Waals surface area contributed by atoms with Gasteiger partial charge in [-0.15, -0.1) is 0 Å². The molecular weight excluding hydrogens is 227 g/mol. The molecule has 0 aromatic heterocycles. The number of nitrogens with zero attached hydrogens (tertiary/aromatic N) is 1. The van der Waals surface area contributed by atoms with Crippen LogP contribution >= 0.6 is 0 Å². The van der Waals surface area contributed by atoms with Crippen molar-refractivity contribution in [2.45, 2.75) is 39.2 Å². The molecule has 1 aliphatic rings. The predicted molar refractivity (Wildman–Crippen MR) is 70.7 cm³/mol. The van der Waals surface area contributed by atoms with E-state index in [0.29, 0.717) is 12.0 Å². The first-order valence-electron chi connectivity index (χ1n) is 6.56. The molecule has 1 fully saturated rings. The molecule has 1 aromatic carbocycles. The van der Waals surface area contributed by atoms with Gasteiger partial charge >= 0.3 is 0 Å². The fourth-order valence-electron chi connectivity index (χ4n) is 2.79. The average Bonchev–Trinajstić information content (AvgIpc) is 2.33. The third-order valence-electron chi connectivity index (χ3n) is 3.87. The number of halogens is 1. The largest absolute Gasteiger partial charge is 0.382 e. The Morgan fingerprint density at radius 1 is 1.33 bits per heavy atom. The van der Waals surface area contributed by atoms with Gasteiger partial charge in [0.05, 0.1) is 5.56 Å². The second-order valence-corrected chi connectivity index (χ2v) is 5.45. The fourth-order valence-corrected chi connectivity index (χ4v) is 2.79. The van der Waals surface area contributed by atoms with Crippen LogP contribution in [0.3, 0.4) is 0 Å². The van der Waals surface area contributed by atoms with Crippen molar-refractivity contribution < 1.29 is 4.39 Å². The van der Waals surface area contributed by atoms with Crippen LogP contribution in [0.15, 0.2) is 18.2 Å². The number of benzene rings is 1. The van der Waals surface area contributed by atoms with Crippen molar-refractivity contribution in [3.05, 3.63) is 29.6 Å². The molecule has 1 aromatic rings. The molecule has 0 heterocycles. The number of anilines is 1. The molecule has 2 nitrogen and oxygen atoms in total. The highest BCUT2D eigenvalue weighted by Crippen LogP contribution is 2.30. The van der Waals surface area contributed by atoms with Crippen molar-refractivity contribution in [2.24, 2.45) is 11.8 Å². The highest BCUT2D eigenvalue weighted by Gasteiger charge is 2.25. The molecule has 3 atom stereocenters. The maximum atomic E-state index is 13.5. The summed E-state index contributed by atoms with van der Waals surface area (Å²) in [6.07, 6.45) is 3.57. The van der Waals surface area contributed by atoms with Crippen LogP contribution in [0.5, 0.6) is 0 Å². The van der Waals surface area contributed by atoms with Gasteiger partial charge in [0.25, 0.3) is 0 Å². The summed E-state index contributed by atoms with van der Waals surface area (Å²) in [4.78, 5) is 0. The van der Waals surface area contributed by atoms with Crippen LogP contribution in [0.25, 0.3) is 0 Å². The van der Waals surface area contributed by atoms with E-state index in [0.717, 1.165) is 18.0 Å². The van der Waals surface area contributed by atoms with Gasteiger partial charge in [-0.1, -0.05) is 13.8 Å². The summed E-state index contributed by atoms with van der Waals surface area (Å²) < 4.78 is 13.5. The molecule has 3 unspecified atom stereocenters. The van der Waals surface area contributed by atoms with Crippen molar-refractivity contribution in [2.75, 3.05) is 5.32 Å². The molecular formula is C15H19FN2. The Bertz CT molecular complexity index is 464. The van der Waals surface area contributed by atoms with Gasteiger partial charge in [-0.05, 0) is 49.3 Å². The summed E-state index contributed by atoms with van der Waals surface area (Å²) in [6, 6.07) is 6.99. The van der Waals surface area contributed by atoms with Gasteiger partial charge in [0.15, 0.2) is 0 Å². The first-order chi connectivity index (χ1) is 8.60. The van der Waals surface area contributed by atoms with E-state index in [1.54, 1.807) is 6.07 Å². The zero-order valence-corrected chi connectivity index (χ0v) is 10.9. The van der Waals surface area contributed by atoms with E-state index in [4.69, 9.17) is 5.26 Å². The second kappa shape index (κ2) is 5.39. The molecule has 1 aliphatic carbocycles. The smallest absolute Gasteiger partial charge is 0.143 e. The molecule has 0 aliphatic heterocycles. The molecule has 0 bridgehead atoms. The summed E-state index contributed by atoms with van der Waals surface area (Å²) in [6.45, 7) is 4.53. The number of nitrogens with one attached hydrogen (secondary N) is 1. The zero-order chi connectivity index (χ0) is 13.1. The van der Waals surface area contributed by atoms with Gasteiger partial charge in [-0.25, -0.2) is 4.39 Å². The van der Waals surface area contributed by atoms with Crippen LogP contribution in [0.1, 0.15) is 38.7 Å². The third-order valence-corrected chi connectivity index (χ3v) is 3.87. The zero-order valence-electron chi connectivity index (χ0n) is 10.9. The van der Waals surface area contributed by atoms with Crippen LogP contribution in [0.2, 0.25) is 0 Å². The standard InChI is InChI=1S/C15H19FN2/c1-10-3-6-15(11(2)7-10)18-13-5-4-12(9-17)14(16)8-13/h4-5,8,10-11,15,18H,3,6-7H2,1-2H3. The Balaban J connectivity index is 2.06. The molecule has 1 saturated carbocycles. The van der Waals surface area contributed by atoms with E-state index in [-0.39, 0.29) is 5.56 Å². The molecule has 2 rings (SSSR count). The summed E-state index contributed by atoms with van der Waals surface area (Å²) in [5, 5.41) is 12.1. The number of hydrogen-bond acceptors (Lipinski definition) is 2. The van der Waals surface area contributed by atoms with Gasteiger partial charge in [0.1, 0.15) is 11.9 Å². The summed E-state index contributed by atoms with van der Waals surface area (Å²) >= 11 is 0. The Morgan fingerprint density at radius 2 is 2.11 bits per heavy atom. The third kappa shape index (κ3) is 2.81.